The van der Waals surface area contributed by atoms with Gasteiger partial charge in [0.2, 0.25) is 5.91 Å². The highest BCUT2D eigenvalue weighted by molar-refractivity contribution is 5.81. The van der Waals surface area contributed by atoms with Crippen LogP contribution in [0.25, 0.3) is 0 Å². The molecule has 0 aliphatic rings. The van der Waals surface area contributed by atoms with E-state index in [0.29, 0.717) is 13.0 Å². The summed E-state index contributed by atoms with van der Waals surface area (Å²) in [7, 11) is 1.50. The molecule has 4 N–H and O–H groups in total. The summed E-state index contributed by atoms with van der Waals surface area (Å²) in [6, 6.07) is -0.672. The molecule has 15 heavy (non-hydrogen) atoms. The molecule has 0 aromatic heterocycles. The van der Waals surface area contributed by atoms with Crippen LogP contribution in [0.15, 0.2) is 0 Å². The van der Waals surface area contributed by atoms with Crippen molar-refractivity contribution in [3.05, 3.63) is 0 Å². The summed E-state index contributed by atoms with van der Waals surface area (Å²) in [5.41, 5.74) is 5.46. The molecule has 0 rings (SSSR count). The Hall–Kier alpha value is -1.09. The van der Waals surface area contributed by atoms with Crippen molar-refractivity contribution in [3.63, 3.8) is 0 Å². The lowest BCUT2D eigenvalue weighted by molar-refractivity contribution is -0.122. The smallest absolute Gasteiger partial charge is 0.237 e. The average molecular weight is 214 g/mol. The van der Waals surface area contributed by atoms with E-state index < -0.39 is 12.1 Å². The topological polar surface area (TPSA) is 84.6 Å². The lowest BCUT2D eigenvalue weighted by Gasteiger charge is -2.12. The number of nitrogens with one attached hydrogen (secondary N) is 1. The van der Waals surface area contributed by atoms with Gasteiger partial charge in [-0.15, -0.1) is 12.3 Å². The third-order valence-corrected chi connectivity index (χ3v) is 1.81. The number of hydrogen-bond acceptors (Lipinski definition) is 4. The minimum atomic E-state index is -0.672. The van der Waals surface area contributed by atoms with E-state index in [4.69, 9.17) is 16.9 Å². The number of amides is 1. The van der Waals surface area contributed by atoms with E-state index >= 15 is 0 Å². The summed E-state index contributed by atoms with van der Waals surface area (Å²) >= 11 is 0. The Morgan fingerprint density at radius 2 is 2.40 bits per heavy atom. The van der Waals surface area contributed by atoms with Gasteiger partial charge in [-0.3, -0.25) is 4.79 Å². The summed E-state index contributed by atoms with van der Waals surface area (Å²) in [5.74, 6) is 2.02. The highest BCUT2D eigenvalue weighted by Crippen LogP contribution is 1.91. The second kappa shape index (κ2) is 8.24. The first-order chi connectivity index (χ1) is 7.11. The Labute approximate surface area is 90.0 Å². The molecule has 1 amide bonds. The average Bonchev–Trinajstić information content (AvgIpc) is 2.18. The van der Waals surface area contributed by atoms with Gasteiger partial charge in [-0.05, 0) is 6.42 Å². The molecule has 0 aromatic carbocycles. The van der Waals surface area contributed by atoms with Gasteiger partial charge in [0, 0.05) is 20.1 Å². The summed E-state index contributed by atoms with van der Waals surface area (Å²) in [6.07, 6.45) is 5.09. The van der Waals surface area contributed by atoms with Crippen LogP contribution in [0.5, 0.6) is 0 Å². The van der Waals surface area contributed by atoms with Gasteiger partial charge in [0.15, 0.2) is 0 Å². The van der Waals surface area contributed by atoms with Crippen molar-refractivity contribution in [2.45, 2.75) is 25.0 Å². The number of nitrogens with two attached hydrogens (primary N) is 1. The van der Waals surface area contributed by atoms with Gasteiger partial charge in [0.1, 0.15) is 0 Å². The van der Waals surface area contributed by atoms with Crippen LogP contribution in [-0.2, 0) is 9.53 Å². The Balaban J connectivity index is 3.59. The number of carbonyl (C=O) groups excluding carboxylic acids is 1. The Morgan fingerprint density at radius 1 is 1.73 bits per heavy atom. The largest absolute Gasteiger partial charge is 0.391 e. The standard InChI is InChI=1S/C10H18N2O3/c1-3-4-9(11)10(14)12-6-5-8(13)7-15-2/h1,8-9,13H,4-7,11H2,2H3,(H,12,14). The molecule has 0 radical (unpaired) electrons. The number of aliphatic hydroxyl groups is 1. The van der Waals surface area contributed by atoms with Crippen LogP contribution in [0.4, 0.5) is 0 Å². The van der Waals surface area contributed by atoms with E-state index in [2.05, 4.69) is 11.2 Å². The van der Waals surface area contributed by atoms with E-state index in [1.54, 1.807) is 0 Å². The van der Waals surface area contributed by atoms with E-state index in [1.807, 2.05) is 0 Å². The van der Waals surface area contributed by atoms with Crippen LogP contribution in [0.2, 0.25) is 0 Å². The van der Waals surface area contributed by atoms with E-state index in [9.17, 15) is 9.90 Å². The molecule has 0 heterocycles. The molecule has 5 nitrogen and oxygen atoms in total. The van der Waals surface area contributed by atoms with Crippen molar-refractivity contribution in [2.75, 3.05) is 20.3 Å². The zero-order chi connectivity index (χ0) is 11.7. The van der Waals surface area contributed by atoms with Crippen molar-refractivity contribution in [3.8, 4) is 12.3 Å². The Kier molecular flexibility index (Phi) is 7.64. The lowest BCUT2D eigenvalue weighted by atomic mass is 10.2. The second-order valence-electron chi connectivity index (χ2n) is 3.20. The summed E-state index contributed by atoms with van der Waals surface area (Å²) < 4.78 is 4.73. The Bertz CT molecular complexity index is 225. The van der Waals surface area contributed by atoms with Crippen LogP contribution in [0, 0.1) is 12.3 Å². The maximum absolute atomic E-state index is 11.2. The first kappa shape index (κ1) is 13.9. The predicted molar refractivity (Wildman–Crippen MR) is 56.9 cm³/mol. The minimum Gasteiger partial charge on any atom is -0.391 e. The molecule has 0 saturated carbocycles. The fourth-order valence-electron chi connectivity index (χ4n) is 0.988. The van der Waals surface area contributed by atoms with Gasteiger partial charge in [0.25, 0.3) is 0 Å². The van der Waals surface area contributed by atoms with Crippen LogP contribution in [-0.4, -0.2) is 43.4 Å². The number of ether oxygens (including phenoxy) is 1. The lowest BCUT2D eigenvalue weighted by Crippen LogP contribution is -2.41. The first-order valence-electron chi connectivity index (χ1n) is 4.75. The number of rotatable bonds is 7. The van der Waals surface area contributed by atoms with Gasteiger partial charge >= 0.3 is 0 Å². The van der Waals surface area contributed by atoms with Crippen LogP contribution < -0.4 is 11.1 Å². The fraction of sp³-hybridized carbons (Fsp3) is 0.700. The summed E-state index contributed by atoms with van der Waals surface area (Å²) in [4.78, 5) is 11.2. The molecule has 0 fully saturated rings. The highest BCUT2D eigenvalue weighted by atomic mass is 16.5. The number of aliphatic hydroxyl groups excluding tert-OH is 1. The molecular formula is C10H18N2O3. The van der Waals surface area contributed by atoms with Crippen molar-refractivity contribution < 1.29 is 14.6 Å². The van der Waals surface area contributed by atoms with Gasteiger partial charge in [-0.2, -0.15) is 0 Å². The van der Waals surface area contributed by atoms with Crippen molar-refractivity contribution in [1.29, 1.82) is 0 Å². The maximum atomic E-state index is 11.2. The van der Waals surface area contributed by atoms with Gasteiger partial charge < -0.3 is 20.9 Å². The highest BCUT2D eigenvalue weighted by Gasteiger charge is 2.11. The molecular weight excluding hydrogens is 196 g/mol. The molecule has 0 spiro atoms. The molecule has 2 unspecified atom stereocenters. The zero-order valence-corrected chi connectivity index (χ0v) is 8.90. The first-order valence-corrected chi connectivity index (χ1v) is 4.75. The normalized spacial score (nSPS) is 14.0. The number of hydrogen-bond donors (Lipinski definition) is 3. The zero-order valence-electron chi connectivity index (χ0n) is 8.90. The molecule has 0 aliphatic heterocycles. The monoisotopic (exact) mass is 214 g/mol. The maximum Gasteiger partial charge on any atom is 0.237 e. The van der Waals surface area contributed by atoms with E-state index in [0.717, 1.165) is 0 Å². The minimum absolute atomic E-state index is 0.215. The summed E-state index contributed by atoms with van der Waals surface area (Å²) in [6.45, 7) is 0.619. The van der Waals surface area contributed by atoms with Crippen LogP contribution in [0.1, 0.15) is 12.8 Å². The molecule has 0 saturated heterocycles. The molecule has 0 aromatic rings. The Morgan fingerprint density at radius 3 is 2.93 bits per heavy atom. The molecule has 86 valence electrons. The SMILES string of the molecule is C#CCC(N)C(=O)NCCC(O)COC. The molecule has 5 heteroatoms. The third-order valence-electron chi connectivity index (χ3n) is 1.81. The van der Waals surface area contributed by atoms with Crippen molar-refractivity contribution >= 4 is 5.91 Å². The van der Waals surface area contributed by atoms with Gasteiger partial charge in [-0.25, -0.2) is 0 Å². The van der Waals surface area contributed by atoms with Gasteiger partial charge in [-0.1, -0.05) is 0 Å². The third kappa shape index (κ3) is 6.91. The number of terminal acetylenes is 1. The van der Waals surface area contributed by atoms with Crippen molar-refractivity contribution in [1.82, 2.24) is 5.32 Å². The van der Waals surface area contributed by atoms with E-state index in [-0.39, 0.29) is 18.9 Å². The number of carbonyl (C=O) groups is 1. The van der Waals surface area contributed by atoms with Crippen LogP contribution in [0.3, 0.4) is 0 Å². The van der Waals surface area contributed by atoms with Crippen molar-refractivity contribution in [2.24, 2.45) is 5.73 Å². The number of methoxy groups -OCH3 is 1. The molecule has 0 aliphatic carbocycles. The van der Waals surface area contributed by atoms with Gasteiger partial charge in [0.05, 0.1) is 18.8 Å². The van der Waals surface area contributed by atoms with E-state index in [1.165, 1.54) is 7.11 Å². The molecule has 0 bridgehead atoms. The summed E-state index contributed by atoms with van der Waals surface area (Å²) in [5, 5.41) is 11.8. The van der Waals surface area contributed by atoms with Crippen LogP contribution >= 0.6 is 0 Å². The predicted octanol–water partition coefficient (Wildman–Crippen LogP) is -1.15. The second-order valence-corrected chi connectivity index (χ2v) is 3.20. The molecule has 2 atom stereocenters. The fourth-order valence-corrected chi connectivity index (χ4v) is 0.988. The quantitative estimate of drug-likeness (QED) is 0.467.